The molecular formula is C40H70N2O5. The molecule has 0 saturated carbocycles. The number of carbonyl (C=O) groups excluding carboxylic acids is 3. The quantitative estimate of drug-likeness (QED) is 0.0590. The Bertz CT molecular complexity index is 852. The molecule has 1 aromatic rings. The van der Waals surface area contributed by atoms with E-state index in [4.69, 9.17) is 15.2 Å². The van der Waals surface area contributed by atoms with Crippen molar-refractivity contribution in [3.05, 3.63) is 35.9 Å². The molecule has 0 saturated heterocycles. The zero-order valence-corrected chi connectivity index (χ0v) is 30.3. The average Bonchev–Trinajstić information content (AvgIpc) is 3.07. The van der Waals surface area contributed by atoms with Crippen molar-refractivity contribution in [2.24, 2.45) is 5.73 Å². The predicted molar refractivity (Wildman–Crippen MR) is 194 cm³/mol. The first-order valence-electron chi connectivity index (χ1n) is 19.4. The van der Waals surface area contributed by atoms with Crippen LogP contribution in [0.4, 0.5) is 0 Å². The van der Waals surface area contributed by atoms with Gasteiger partial charge in [-0.3, -0.25) is 14.4 Å². The van der Waals surface area contributed by atoms with Gasteiger partial charge in [0.15, 0.2) is 0 Å². The molecule has 0 spiro atoms. The number of ether oxygens (including phenoxy) is 2. The molecule has 0 aromatic heterocycles. The summed E-state index contributed by atoms with van der Waals surface area (Å²) in [5.74, 6) is -0.941. The molecule has 1 aromatic carbocycles. The Labute approximate surface area is 287 Å². The molecule has 0 bridgehead atoms. The lowest BCUT2D eigenvalue weighted by molar-refractivity contribution is -0.149. The van der Waals surface area contributed by atoms with E-state index in [9.17, 15) is 14.4 Å². The Balaban J connectivity index is 2.35. The van der Waals surface area contributed by atoms with Gasteiger partial charge < -0.3 is 20.5 Å². The molecule has 0 radical (unpaired) electrons. The van der Waals surface area contributed by atoms with Gasteiger partial charge in [0.05, 0.1) is 12.1 Å². The molecule has 1 amide bonds. The van der Waals surface area contributed by atoms with Gasteiger partial charge in [0, 0.05) is 12.8 Å². The molecule has 1 rings (SSSR count). The Morgan fingerprint density at radius 3 is 1.32 bits per heavy atom. The van der Waals surface area contributed by atoms with Crippen LogP contribution >= 0.6 is 0 Å². The van der Waals surface area contributed by atoms with Crippen molar-refractivity contribution in [1.82, 2.24) is 5.32 Å². The zero-order chi connectivity index (χ0) is 34.2. The summed E-state index contributed by atoms with van der Waals surface area (Å²) < 4.78 is 11.0. The van der Waals surface area contributed by atoms with Crippen LogP contribution in [0.25, 0.3) is 0 Å². The van der Waals surface area contributed by atoms with E-state index in [1.807, 2.05) is 30.3 Å². The molecule has 270 valence electrons. The van der Waals surface area contributed by atoms with Gasteiger partial charge in [-0.15, -0.1) is 0 Å². The number of amides is 1. The van der Waals surface area contributed by atoms with E-state index in [0.29, 0.717) is 19.3 Å². The van der Waals surface area contributed by atoms with Gasteiger partial charge >= 0.3 is 11.9 Å². The molecule has 0 aliphatic heterocycles. The minimum absolute atomic E-state index is 0.0492. The molecule has 7 heteroatoms. The van der Waals surface area contributed by atoms with Gasteiger partial charge in [0.1, 0.15) is 13.2 Å². The molecule has 0 heterocycles. The lowest BCUT2D eigenvalue weighted by atomic mass is 10.1. The van der Waals surface area contributed by atoms with Crippen LogP contribution in [-0.4, -0.2) is 43.1 Å². The first-order chi connectivity index (χ1) is 23.0. The van der Waals surface area contributed by atoms with E-state index in [2.05, 4.69) is 19.2 Å². The van der Waals surface area contributed by atoms with Crippen LogP contribution in [0.1, 0.15) is 174 Å². The predicted octanol–water partition coefficient (Wildman–Crippen LogP) is 9.53. The molecule has 7 nitrogen and oxygen atoms in total. The summed E-state index contributed by atoms with van der Waals surface area (Å²) in [6.45, 7) is 4.39. The van der Waals surface area contributed by atoms with E-state index >= 15 is 0 Å². The number of unbranched alkanes of at least 4 members (excludes halogenated alkanes) is 20. The highest BCUT2D eigenvalue weighted by Gasteiger charge is 2.21. The van der Waals surface area contributed by atoms with Gasteiger partial charge in [-0.2, -0.15) is 0 Å². The number of nitrogens with one attached hydrogen (secondary N) is 1. The van der Waals surface area contributed by atoms with Crippen LogP contribution in [0.3, 0.4) is 0 Å². The molecule has 1 unspecified atom stereocenters. The molecule has 1 atom stereocenters. The lowest BCUT2D eigenvalue weighted by Crippen LogP contribution is -2.50. The van der Waals surface area contributed by atoms with E-state index in [0.717, 1.165) is 44.1 Å². The highest BCUT2D eigenvalue weighted by molar-refractivity contribution is 5.82. The van der Waals surface area contributed by atoms with Crippen LogP contribution in [0, 0.1) is 0 Å². The molecule has 47 heavy (non-hydrogen) atoms. The summed E-state index contributed by atoms with van der Waals surface area (Å²) in [4.78, 5) is 37.8. The molecular weight excluding hydrogens is 588 g/mol. The third kappa shape index (κ3) is 26.3. The number of hydrogen-bond donors (Lipinski definition) is 2. The fraction of sp³-hybridized carbons (Fsp3) is 0.775. The first-order valence-corrected chi connectivity index (χ1v) is 19.4. The van der Waals surface area contributed by atoms with Crippen molar-refractivity contribution in [2.45, 2.75) is 186 Å². The van der Waals surface area contributed by atoms with Crippen LogP contribution in [0.2, 0.25) is 0 Å². The van der Waals surface area contributed by atoms with Crippen molar-refractivity contribution in [1.29, 1.82) is 0 Å². The summed E-state index contributed by atoms with van der Waals surface area (Å²) >= 11 is 0. The number of hydrogen-bond acceptors (Lipinski definition) is 6. The molecule has 0 aliphatic carbocycles. The SMILES string of the molecule is CCCCCCCCCCCCCC(=O)OCC(COC(=O)CCCCCCCCCCCCC)NC(=O)C(N)Cc1ccccc1. The van der Waals surface area contributed by atoms with E-state index in [1.165, 1.54) is 103 Å². The van der Waals surface area contributed by atoms with Crippen molar-refractivity contribution in [3.63, 3.8) is 0 Å². The number of nitrogens with two attached hydrogens (primary N) is 1. The van der Waals surface area contributed by atoms with Crippen LogP contribution in [0.5, 0.6) is 0 Å². The first kappa shape index (κ1) is 42.6. The van der Waals surface area contributed by atoms with Crippen molar-refractivity contribution >= 4 is 17.8 Å². The van der Waals surface area contributed by atoms with Crippen molar-refractivity contribution < 1.29 is 23.9 Å². The minimum Gasteiger partial charge on any atom is -0.463 e. The monoisotopic (exact) mass is 659 g/mol. The van der Waals surface area contributed by atoms with Crippen LogP contribution < -0.4 is 11.1 Å². The summed E-state index contributed by atoms with van der Waals surface area (Å²) in [7, 11) is 0. The Morgan fingerprint density at radius 2 is 0.936 bits per heavy atom. The molecule has 3 N–H and O–H groups in total. The number of esters is 2. The number of carbonyl (C=O) groups is 3. The Kier molecular flexibility index (Phi) is 28.0. The topological polar surface area (TPSA) is 108 Å². The van der Waals surface area contributed by atoms with Gasteiger partial charge in [0.25, 0.3) is 0 Å². The van der Waals surface area contributed by atoms with Crippen LogP contribution in [-0.2, 0) is 30.3 Å². The van der Waals surface area contributed by atoms with E-state index in [1.54, 1.807) is 0 Å². The van der Waals surface area contributed by atoms with E-state index < -0.39 is 12.1 Å². The fourth-order valence-corrected chi connectivity index (χ4v) is 5.80. The maximum atomic E-state index is 12.9. The second-order valence-corrected chi connectivity index (χ2v) is 13.4. The average molecular weight is 659 g/mol. The normalized spacial score (nSPS) is 11.8. The zero-order valence-electron chi connectivity index (χ0n) is 30.3. The van der Waals surface area contributed by atoms with Gasteiger partial charge in [0.2, 0.25) is 5.91 Å². The van der Waals surface area contributed by atoms with Crippen molar-refractivity contribution in [3.8, 4) is 0 Å². The maximum absolute atomic E-state index is 12.9. The largest absolute Gasteiger partial charge is 0.463 e. The second kappa shape index (κ2) is 30.9. The summed E-state index contributed by atoms with van der Waals surface area (Å²) in [5, 5.41) is 2.85. The summed E-state index contributed by atoms with van der Waals surface area (Å²) in [5.41, 5.74) is 7.15. The van der Waals surface area contributed by atoms with Crippen LogP contribution in [0.15, 0.2) is 30.3 Å². The van der Waals surface area contributed by atoms with Gasteiger partial charge in [-0.1, -0.05) is 173 Å². The Morgan fingerprint density at radius 1 is 0.574 bits per heavy atom. The maximum Gasteiger partial charge on any atom is 0.305 e. The highest BCUT2D eigenvalue weighted by Crippen LogP contribution is 2.14. The van der Waals surface area contributed by atoms with Crippen molar-refractivity contribution in [2.75, 3.05) is 13.2 Å². The Hall–Kier alpha value is -2.41. The summed E-state index contributed by atoms with van der Waals surface area (Å²) in [6.07, 6.45) is 27.8. The molecule has 0 fully saturated rings. The standard InChI is InChI=1S/C40H70N2O5/c1-3-5-7-9-11-13-15-17-19-21-26-30-38(43)46-33-36(42-40(45)37(41)32-35-28-24-23-25-29-35)34-47-39(44)31-27-22-20-18-16-14-12-10-8-6-4-2/h23-25,28-29,36-37H,3-22,26-27,30-34,41H2,1-2H3,(H,42,45). The fourth-order valence-electron chi connectivity index (χ4n) is 5.80. The smallest absolute Gasteiger partial charge is 0.305 e. The lowest BCUT2D eigenvalue weighted by Gasteiger charge is -2.21. The highest BCUT2D eigenvalue weighted by atomic mass is 16.5. The second-order valence-electron chi connectivity index (χ2n) is 13.4. The minimum atomic E-state index is -0.765. The number of rotatable bonds is 32. The third-order valence-corrected chi connectivity index (χ3v) is 8.84. The number of benzene rings is 1. The van der Waals surface area contributed by atoms with Gasteiger partial charge in [-0.05, 0) is 24.8 Å². The molecule has 0 aliphatic rings. The summed E-state index contributed by atoms with van der Waals surface area (Å²) in [6, 6.07) is 8.18. The third-order valence-electron chi connectivity index (χ3n) is 8.84. The van der Waals surface area contributed by atoms with Gasteiger partial charge in [-0.25, -0.2) is 0 Å². The van der Waals surface area contributed by atoms with E-state index in [-0.39, 0.29) is 31.1 Å².